The van der Waals surface area contributed by atoms with E-state index in [0.29, 0.717) is 0 Å². The van der Waals surface area contributed by atoms with Crippen molar-refractivity contribution in [3.05, 3.63) is 116 Å². The monoisotopic (exact) mass is 590 g/mol. The van der Waals surface area contributed by atoms with Crippen LogP contribution in [0, 0.1) is 0 Å². The van der Waals surface area contributed by atoms with Crippen LogP contribution in [0.25, 0.3) is 40.3 Å². The second-order valence-electron chi connectivity index (χ2n) is 10.3. The maximum Gasteiger partial charge on any atom is 0.116 e. The lowest BCUT2D eigenvalue weighted by Crippen LogP contribution is -2.22. The Hall–Kier alpha value is -3.16. The lowest BCUT2D eigenvalue weighted by molar-refractivity contribution is 1.09. The third-order valence-corrected chi connectivity index (χ3v) is 12.8. The summed E-state index contributed by atoms with van der Waals surface area (Å²) in [4.78, 5) is 7.65. The van der Waals surface area contributed by atoms with Gasteiger partial charge in [-0.1, -0.05) is 59.9 Å². The van der Waals surface area contributed by atoms with Gasteiger partial charge in [-0.15, -0.1) is 22.7 Å². The van der Waals surface area contributed by atoms with Crippen molar-refractivity contribution in [2.45, 2.75) is 27.7 Å². The van der Waals surface area contributed by atoms with Crippen molar-refractivity contribution in [2.24, 2.45) is 0 Å². The summed E-state index contributed by atoms with van der Waals surface area (Å²) in [6.45, 7) is 9.01. The highest BCUT2D eigenvalue weighted by Gasteiger charge is 2.35. The lowest BCUT2D eigenvalue weighted by Gasteiger charge is -2.28. The van der Waals surface area contributed by atoms with Gasteiger partial charge in [0.05, 0.1) is 0 Å². The van der Waals surface area contributed by atoms with E-state index in [1.54, 1.807) is 0 Å². The van der Waals surface area contributed by atoms with Gasteiger partial charge in [0.1, 0.15) is 10.1 Å². The Kier molecular flexibility index (Phi) is 5.65. The van der Waals surface area contributed by atoms with Crippen molar-refractivity contribution >= 4 is 97.9 Å². The summed E-state index contributed by atoms with van der Waals surface area (Å²) in [7, 11) is 0. The topological polar surface area (TPSA) is 6.48 Å². The summed E-state index contributed by atoms with van der Waals surface area (Å²) in [5.74, 6) is 0. The summed E-state index contributed by atoms with van der Waals surface area (Å²) in [5.41, 5.74) is 5.05. The van der Waals surface area contributed by atoms with Crippen molar-refractivity contribution in [2.75, 3.05) is 9.80 Å². The van der Waals surface area contributed by atoms with Crippen molar-refractivity contribution in [3.63, 3.8) is 0 Å². The smallest absolute Gasteiger partial charge is 0.116 e. The van der Waals surface area contributed by atoms with Crippen LogP contribution < -0.4 is 9.80 Å². The largest absolute Gasteiger partial charge is 0.306 e. The molecule has 0 N–H and O–H groups in total. The van der Waals surface area contributed by atoms with E-state index in [9.17, 15) is 0 Å². The van der Waals surface area contributed by atoms with Crippen LogP contribution >= 0.6 is 46.2 Å². The molecule has 0 unspecified atom stereocenters. The molecule has 0 amide bonds. The third-order valence-electron chi connectivity index (χ3n) is 8.02. The zero-order chi connectivity index (χ0) is 27.1. The molecule has 0 spiro atoms. The molecule has 196 valence electrons. The first-order chi connectivity index (χ1) is 19.5. The minimum Gasteiger partial charge on any atom is -0.306 e. The molecule has 2 aliphatic rings. The fourth-order valence-corrected chi connectivity index (χ4v) is 10.3. The molecular weight excluding hydrogens is 565 g/mol. The fraction of sp³-hybridized carbons (Fsp3) is 0.118. The molecule has 0 radical (unpaired) electrons. The quantitative estimate of drug-likeness (QED) is 0.198. The zero-order valence-corrected chi connectivity index (χ0v) is 25.9. The number of nitrogens with zero attached hydrogens (tertiary/aromatic N) is 2. The van der Waals surface area contributed by atoms with Crippen molar-refractivity contribution in [1.82, 2.24) is 0 Å². The van der Waals surface area contributed by atoms with E-state index in [1.165, 1.54) is 83.0 Å². The van der Waals surface area contributed by atoms with Gasteiger partial charge in [-0.25, -0.2) is 0 Å². The maximum absolute atomic E-state index is 2.48. The summed E-state index contributed by atoms with van der Waals surface area (Å²) < 4.78 is 5.37. The molecule has 0 bridgehead atoms. The van der Waals surface area contributed by atoms with Gasteiger partial charge in [-0.05, 0) is 76.2 Å². The molecule has 6 aromatic rings. The van der Waals surface area contributed by atoms with Crippen LogP contribution in [0.2, 0.25) is 0 Å². The van der Waals surface area contributed by atoms with E-state index in [1.807, 2.05) is 46.2 Å². The highest BCUT2D eigenvalue weighted by Crippen LogP contribution is 2.54. The number of rotatable bonds is 2. The van der Waals surface area contributed by atoms with Gasteiger partial charge in [-0.3, -0.25) is 0 Å². The Labute approximate surface area is 250 Å². The number of benzene rings is 4. The standard InChI is InChI=1S/C34H26N2S4/c1-19-21(3)37-33(35(19)23-13-15-31-27(17-23)25-9-5-7-11-29(25)39-31)34-36(20(2)22(4)38-34)24-14-16-32-28(18-24)26-10-6-8-12-30(26)40-32/h5-18H,1-4H3/b34-33+. The number of anilines is 2. The van der Waals surface area contributed by atoms with Crippen LogP contribution in [0.3, 0.4) is 0 Å². The van der Waals surface area contributed by atoms with Gasteiger partial charge in [0, 0.05) is 72.9 Å². The molecule has 0 saturated carbocycles. The molecule has 4 heterocycles. The predicted molar refractivity (Wildman–Crippen MR) is 183 cm³/mol. The Balaban J connectivity index is 1.30. The van der Waals surface area contributed by atoms with Crippen molar-refractivity contribution in [1.29, 1.82) is 0 Å². The molecular formula is C34H26N2S4. The number of fused-ring (bicyclic) bond motifs is 6. The van der Waals surface area contributed by atoms with Crippen LogP contribution in [0.4, 0.5) is 11.4 Å². The van der Waals surface area contributed by atoms with Crippen LogP contribution in [-0.4, -0.2) is 0 Å². The van der Waals surface area contributed by atoms with E-state index in [2.05, 4.69) is 122 Å². The molecule has 2 aromatic heterocycles. The van der Waals surface area contributed by atoms with E-state index in [0.717, 1.165) is 0 Å². The Bertz CT molecular complexity index is 1970. The van der Waals surface area contributed by atoms with E-state index < -0.39 is 0 Å². The predicted octanol–water partition coefficient (Wildman–Crippen LogP) is 11.9. The molecule has 2 aliphatic heterocycles. The minimum absolute atomic E-state index is 1.22. The molecule has 2 nitrogen and oxygen atoms in total. The Morgan fingerprint density at radius 2 is 0.850 bits per heavy atom. The molecule has 0 atom stereocenters. The van der Waals surface area contributed by atoms with Crippen LogP contribution in [-0.2, 0) is 0 Å². The molecule has 40 heavy (non-hydrogen) atoms. The Morgan fingerprint density at radius 1 is 0.450 bits per heavy atom. The number of thiophene rings is 2. The van der Waals surface area contributed by atoms with Gasteiger partial charge in [-0.2, -0.15) is 0 Å². The molecule has 0 aliphatic carbocycles. The average Bonchev–Trinajstić information content (AvgIpc) is 3.69. The highest BCUT2D eigenvalue weighted by molar-refractivity contribution is 8.10. The summed E-state index contributed by atoms with van der Waals surface area (Å²) in [6, 6.07) is 31.5. The Morgan fingerprint density at radius 3 is 1.30 bits per heavy atom. The highest BCUT2D eigenvalue weighted by atomic mass is 32.2. The van der Waals surface area contributed by atoms with E-state index in [-0.39, 0.29) is 0 Å². The number of thioether (sulfide) groups is 2. The van der Waals surface area contributed by atoms with Gasteiger partial charge < -0.3 is 9.80 Å². The lowest BCUT2D eigenvalue weighted by atomic mass is 10.1. The molecule has 4 aromatic carbocycles. The van der Waals surface area contributed by atoms with Crippen LogP contribution in [0.5, 0.6) is 0 Å². The van der Waals surface area contributed by atoms with Gasteiger partial charge in [0.2, 0.25) is 0 Å². The zero-order valence-electron chi connectivity index (χ0n) is 22.6. The van der Waals surface area contributed by atoms with Gasteiger partial charge in [0.15, 0.2) is 0 Å². The summed E-state index contributed by atoms with van der Waals surface area (Å²) in [5, 5.41) is 7.91. The summed E-state index contributed by atoms with van der Waals surface area (Å²) in [6.07, 6.45) is 0. The summed E-state index contributed by atoms with van der Waals surface area (Å²) >= 11 is 7.54. The van der Waals surface area contributed by atoms with Crippen molar-refractivity contribution in [3.8, 4) is 0 Å². The van der Waals surface area contributed by atoms with E-state index >= 15 is 0 Å². The average molecular weight is 591 g/mol. The van der Waals surface area contributed by atoms with Crippen molar-refractivity contribution < 1.29 is 0 Å². The second-order valence-corrected chi connectivity index (χ2v) is 14.9. The maximum atomic E-state index is 2.48. The second kappa shape index (κ2) is 9.18. The molecule has 0 fully saturated rings. The molecule has 8 rings (SSSR count). The van der Waals surface area contributed by atoms with Gasteiger partial charge in [0.25, 0.3) is 0 Å². The van der Waals surface area contributed by atoms with E-state index in [4.69, 9.17) is 0 Å². The first-order valence-corrected chi connectivity index (χ1v) is 16.6. The first-order valence-electron chi connectivity index (χ1n) is 13.4. The molecule has 0 saturated heterocycles. The fourth-order valence-electron chi connectivity index (χ4n) is 5.76. The van der Waals surface area contributed by atoms with Crippen LogP contribution in [0.1, 0.15) is 27.7 Å². The van der Waals surface area contributed by atoms with Gasteiger partial charge >= 0.3 is 0 Å². The minimum atomic E-state index is 1.22. The number of allylic oxidation sites excluding steroid dienone is 4. The normalized spacial score (nSPS) is 18.2. The first kappa shape index (κ1) is 24.6. The number of hydrogen-bond donors (Lipinski definition) is 0. The van der Waals surface area contributed by atoms with Crippen LogP contribution in [0.15, 0.2) is 116 Å². The third kappa shape index (κ3) is 3.63. The molecule has 6 heteroatoms. The SMILES string of the molecule is CC1=C(C)N(c2ccc3sc4ccccc4c3c2)/C(=C2\SC(C)=C(C)N2c2ccc3sc4ccccc4c3c2)S1. The number of hydrogen-bond acceptors (Lipinski definition) is 6.